The smallest absolute Gasteiger partial charge is 0.323 e. The zero-order valence-electron chi connectivity index (χ0n) is 21.2. The van der Waals surface area contributed by atoms with Crippen molar-refractivity contribution in [3.05, 3.63) is 77.6 Å². The van der Waals surface area contributed by atoms with Gasteiger partial charge in [0.1, 0.15) is 5.75 Å². The molecule has 3 aromatic carbocycles. The van der Waals surface area contributed by atoms with E-state index in [9.17, 15) is 4.79 Å². The van der Waals surface area contributed by atoms with Gasteiger partial charge in [0.25, 0.3) is 0 Å². The van der Waals surface area contributed by atoms with E-state index in [-0.39, 0.29) is 11.9 Å². The number of nitrogens with one attached hydrogen (secondary N) is 3. The van der Waals surface area contributed by atoms with E-state index in [2.05, 4.69) is 25.9 Å². The van der Waals surface area contributed by atoms with Crippen LogP contribution in [0, 0.1) is 6.92 Å². The maximum absolute atomic E-state index is 12.3. The van der Waals surface area contributed by atoms with Crippen LogP contribution in [0.3, 0.4) is 0 Å². The van der Waals surface area contributed by atoms with Gasteiger partial charge in [0, 0.05) is 34.2 Å². The topological polar surface area (TPSA) is 116 Å². The van der Waals surface area contributed by atoms with E-state index in [0.29, 0.717) is 50.9 Å². The molecule has 1 aromatic heterocycles. The minimum atomic E-state index is -0.378. The number of urea groups is 1. The Balaban J connectivity index is 1.39. The Hall–Kier alpha value is -4.70. The normalized spacial score (nSPS) is 10.3. The first kappa shape index (κ1) is 26.4. The summed E-state index contributed by atoms with van der Waals surface area (Å²) < 4.78 is 22.0. The Labute approximate surface area is 224 Å². The van der Waals surface area contributed by atoms with Gasteiger partial charge in [-0.3, -0.25) is 4.98 Å². The fourth-order valence-electron chi connectivity index (χ4n) is 3.50. The highest BCUT2D eigenvalue weighted by Gasteiger charge is 2.14. The number of halogens is 1. The Morgan fingerprint density at radius 3 is 2.11 bits per heavy atom. The number of rotatable bonds is 9. The van der Waals surface area contributed by atoms with Crippen molar-refractivity contribution >= 4 is 40.5 Å². The highest BCUT2D eigenvalue weighted by Crippen LogP contribution is 2.40. The molecule has 3 N–H and O–H groups in total. The van der Waals surface area contributed by atoms with Gasteiger partial charge < -0.3 is 34.9 Å². The number of anilines is 4. The summed E-state index contributed by atoms with van der Waals surface area (Å²) in [7, 11) is 4.63. The van der Waals surface area contributed by atoms with Crippen molar-refractivity contribution in [1.82, 2.24) is 9.97 Å². The van der Waals surface area contributed by atoms with Gasteiger partial charge >= 0.3 is 6.03 Å². The van der Waals surface area contributed by atoms with Crippen molar-refractivity contribution in [3.8, 4) is 28.9 Å². The van der Waals surface area contributed by atoms with Crippen LogP contribution < -0.4 is 34.9 Å². The molecule has 38 heavy (non-hydrogen) atoms. The molecule has 0 aliphatic rings. The van der Waals surface area contributed by atoms with Crippen LogP contribution in [0.4, 0.5) is 27.7 Å². The molecule has 0 radical (unpaired) electrons. The third-order valence-corrected chi connectivity index (χ3v) is 5.72. The van der Waals surface area contributed by atoms with Crippen LogP contribution in [0.1, 0.15) is 5.56 Å². The summed E-state index contributed by atoms with van der Waals surface area (Å²) in [5, 5.41) is 9.34. The molecule has 0 spiro atoms. The quantitative estimate of drug-likeness (QED) is 0.218. The van der Waals surface area contributed by atoms with Crippen molar-refractivity contribution in [2.75, 3.05) is 37.3 Å². The summed E-state index contributed by atoms with van der Waals surface area (Å²) in [6.07, 6.45) is 3.05. The number of aromatic nitrogens is 2. The number of hydrogen-bond donors (Lipinski definition) is 3. The van der Waals surface area contributed by atoms with Crippen LogP contribution >= 0.6 is 11.6 Å². The molecular weight excluding hydrogens is 510 g/mol. The standard InChI is InChI=1S/C27H26ClN5O5/c1-16-11-18(7-10-21(16)28)32-27(34)31-17-5-8-20(9-6-17)38-25-15-29-14-24(33-25)30-19-12-22(35-2)26(37-4)23(13-19)36-3/h5-15H,1-4H3,(H,30,33)(H2,31,32,34). The Bertz CT molecular complexity index is 1410. The third-order valence-electron chi connectivity index (χ3n) is 5.30. The maximum atomic E-state index is 12.3. The second kappa shape index (κ2) is 12.0. The van der Waals surface area contributed by atoms with E-state index in [0.717, 1.165) is 5.56 Å². The van der Waals surface area contributed by atoms with Crippen molar-refractivity contribution < 1.29 is 23.7 Å². The van der Waals surface area contributed by atoms with Gasteiger partial charge in [0.15, 0.2) is 17.3 Å². The molecule has 0 saturated carbocycles. The van der Waals surface area contributed by atoms with Crippen LogP contribution in [0.2, 0.25) is 5.02 Å². The van der Waals surface area contributed by atoms with Gasteiger partial charge in [-0.1, -0.05) is 11.6 Å². The van der Waals surface area contributed by atoms with Gasteiger partial charge in [-0.15, -0.1) is 0 Å². The Morgan fingerprint density at radius 1 is 0.816 bits per heavy atom. The molecule has 10 nitrogen and oxygen atoms in total. The van der Waals surface area contributed by atoms with E-state index < -0.39 is 0 Å². The number of carbonyl (C=O) groups is 1. The average Bonchev–Trinajstić information content (AvgIpc) is 2.91. The summed E-state index contributed by atoms with van der Waals surface area (Å²) >= 11 is 6.03. The molecule has 0 atom stereocenters. The Morgan fingerprint density at radius 2 is 1.47 bits per heavy atom. The van der Waals surface area contributed by atoms with Crippen LogP contribution in [-0.2, 0) is 0 Å². The van der Waals surface area contributed by atoms with E-state index in [1.165, 1.54) is 6.20 Å². The van der Waals surface area contributed by atoms with Crippen LogP contribution in [0.5, 0.6) is 28.9 Å². The number of nitrogens with zero attached hydrogens (tertiary/aromatic N) is 2. The molecule has 1 heterocycles. The fraction of sp³-hybridized carbons (Fsp3) is 0.148. The number of methoxy groups -OCH3 is 3. The van der Waals surface area contributed by atoms with E-state index in [4.69, 9.17) is 30.5 Å². The molecule has 0 aliphatic heterocycles. The molecule has 4 aromatic rings. The van der Waals surface area contributed by atoms with Gasteiger partial charge in [-0.2, -0.15) is 4.98 Å². The minimum Gasteiger partial charge on any atom is -0.493 e. The second-order valence-corrected chi connectivity index (χ2v) is 8.36. The summed E-state index contributed by atoms with van der Waals surface area (Å²) in [5.74, 6) is 2.73. The van der Waals surface area contributed by atoms with Gasteiger partial charge in [0.2, 0.25) is 11.6 Å². The zero-order valence-corrected chi connectivity index (χ0v) is 21.9. The second-order valence-electron chi connectivity index (χ2n) is 7.95. The number of ether oxygens (including phenoxy) is 4. The van der Waals surface area contributed by atoms with Crippen molar-refractivity contribution in [3.63, 3.8) is 0 Å². The lowest BCUT2D eigenvalue weighted by atomic mass is 10.2. The van der Waals surface area contributed by atoms with Gasteiger partial charge in [-0.25, -0.2) is 4.79 Å². The van der Waals surface area contributed by atoms with Crippen LogP contribution in [0.25, 0.3) is 0 Å². The van der Waals surface area contributed by atoms with Crippen LogP contribution in [0.15, 0.2) is 67.0 Å². The number of aryl methyl sites for hydroxylation is 1. The molecule has 0 bridgehead atoms. The van der Waals surface area contributed by atoms with Gasteiger partial charge in [-0.05, 0) is 55.0 Å². The molecule has 0 unspecified atom stereocenters. The number of carbonyl (C=O) groups excluding carboxylic acids is 1. The highest BCUT2D eigenvalue weighted by atomic mass is 35.5. The average molecular weight is 536 g/mol. The lowest BCUT2D eigenvalue weighted by Crippen LogP contribution is -2.19. The van der Waals surface area contributed by atoms with E-state index >= 15 is 0 Å². The number of hydrogen-bond acceptors (Lipinski definition) is 8. The van der Waals surface area contributed by atoms with Crippen LogP contribution in [-0.4, -0.2) is 37.3 Å². The molecule has 0 saturated heterocycles. The van der Waals surface area contributed by atoms with Crippen molar-refractivity contribution in [1.29, 1.82) is 0 Å². The van der Waals surface area contributed by atoms with Gasteiger partial charge in [0.05, 0.1) is 33.7 Å². The molecule has 196 valence electrons. The summed E-state index contributed by atoms with van der Waals surface area (Å²) in [5.41, 5.74) is 2.76. The van der Waals surface area contributed by atoms with E-state index in [1.807, 2.05) is 6.92 Å². The summed E-state index contributed by atoms with van der Waals surface area (Å²) in [4.78, 5) is 21.0. The SMILES string of the molecule is COc1cc(Nc2cncc(Oc3ccc(NC(=O)Nc4ccc(Cl)c(C)c4)cc3)n2)cc(OC)c1OC. The predicted molar refractivity (Wildman–Crippen MR) is 147 cm³/mol. The molecule has 4 rings (SSSR count). The lowest BCUT2D eigenvalue weighted by molar-refractivity contribution is 0.262. The predicted octanol–water partition coefficient (Wildman–Crippen LogP) is 6.64. The number of amides is 2. The molecule has 2 amide bonds. The van der Waals surface area contributed by atoms with E-state index in [1.54, 1.807) is 82.1 Å². The zero-order chi connectivity index (χ0) is 27.1. The lowest BCUT2D eigenvalue weighted by Gasteiger charge is -2.15. The first-order valence-electron chi connectivity index (χ1n) is 11.4. The van der Waals surface area contributed by atoms with Crippen molar-refractivity contribution in [2.24, 2.45) is 0 Å². The highest BCUT2D eigenvalue weighted by molar-refractivity contribution is 6.31. The summed E-state index contributed by atoms with van der Waals surface area (Å²) in [6.45, 7) is 1.87. The first-order chi connectivity index (χ1) is 18.4. The fourth-order valence-corrected chi connectivity index (χ4v) is 3.62. The third kappa shape index (κ3) is 6.54. The number of benzene rings is 3. The minimum absolute atomic E-state index is 0.277. The molecule has 0 aliphatic carbocycles. The monoisotopic (exact) mass is 535 g/mol. The maximum Gasteiger partial charge on any atom is 0.323 e. The largest absolute Gasteiger partial charge is 0.493 e. The molecule has 11 heteroatoms. The molecular formula is C27H26ClN5O5. The summed E-state index contributed by atoms with van der Waals surface area (Å²) in [6, 6.07) is 15.3. The van der Waals surface area contributed by atoms with Crippen molar-refractivity contribution in [2.45, 2.75) is 6.92 Å². The first-order valence-corrected chi connectivity index (χ1v) is 11.8. The molecule has 0 fully saturated rings. The Kier molecular flexibility index (Phi) is 8.34.